The fourth-order valence-corrected chi connectivity index (χ4v) is 5.18. The number of alkyl carbamates (subject to hydrolysis) is 1. The Labute approximate surface area is 199 Å². The summed E-state index contributed by atoms with van der Waals surface area (Å²) in [6.07, 6.45) is 2.14. The molecule has 1 saturated carbocycles. The van der Waals surface area contributed by atoms with Crippen molar-refractivity contribution in [1.82, 2.24) is 10.6 Å². The summed E-state index contributed by atoms with van der Waals surface area (Å²) in [5.74, 6) is -2.05. The molecule has 180 valence electrons. The molecule has 2 amide bonds. The highest BCUT2D eigenvalue weighted by Crippen LogP contribution is 2.44. The Kier molecular flexibility index (Phi) is 7.20. The summed E-state index contributed by atoms with van der Waals surface area (Å²) in [4.78, 5) is 37.1. The Morgan fingerprint density at radius 3 is 2.24 bits per heavy atom. The summed E-state index contributed by atoms with van der Waals surface area (Å²) in [6.45, 7) is 3.91. The first kappa shape index (κ1) is 23.8. The number of carboxylic acids is 1. The van der Waals surface area contributed by atoms with Crippen LogP contribution in [-0.4, -0.2) is 41.8 Å². The lowest BCUT2D eigenvalue weighted by atomic mass is 9.96. The molecule has 2 aromatic carbocycles. The summed E-state index contributed by atoms with van der Waals surface area (Å²) >= 11 is 0. The maximum atomic E-state index is 12.8. The highest BCUT2D eigenvalue weighted by Gasteiger charge is 2.37. The molecule has 2 aliphatic carbocycles. The van der Waals surface area contributed by atoms with E-state index in [-0.39, 0.29) is 30.4 Å². The molecule has 0 aromatic heterocycles. The van der Waals surface area contributed by atoms with Gasteiger partial charge in [-0.05, 0) is 41.0 Å². The lowest BCUT2D eigenvalue weighted by Gasteiger charge is -2.25. The number of benzene rings is 2. The molecule has 4 atom stereocenters. The second kappa shape index (κ2) is 10.3. The molecule has 0 bridgehead atoms. The Bertz CT molecular complexity index is 1020. The van der Waals surface area contributed by atoms with Gasteiger partial charge in [0.1, 0.15) is 12.6 Å². The third kappa shape index (κ3) is 4.79. The van der Waals surface area contributed by atoms with Crippen molar-refractivity contribution in [3.05, 3.63) is 59.7 Å². The molecule has 0 radical (unpaired) electrons. The van der Waals surface area contributed by atoms with E-state index in [1.165, 1.54) is 0 Å². The molecule has 1 unspecified atom stereocenters. The van der Waals surface area contributed by atoms with E-state index in [4.69, 9.17) is 4.74 Å². The Hall–Kier alpha value is -3.35. The van der Waals surface area contributed by atoms with Crippen LogP contribution in [0, 0.1) is 11.8 Å². The van der Waals surface area contributed by atoms with Gasteiger partial charge in [0.2, 0.25) is 5.91 Å². The van der Waals surface area contributed by atoms with Gasteiger partial charge in [0.15, 0.2) is 0 Å². The van der Waals surface area contributed by atoms with Crippen molar-refractivity contribution in [3.63, 3.8) is 0 Å². The second-order valence-corrected chi connectivity index (χ2v) is 9.32. The monoisotopic (exact) mass is 464 g/mol. The van der Waals surface area contributed by atoms with Crippen LogP contribution < -0.4 is 10.6 Å². The van der Waals surface area contributed by atoms with Crippen molar-refractivity contribution >= 4 is 18.0 Å². The van der Waals surface area contributed by atoms with E-state index in [1.807, 2.05) is 31.2 Å². The van der Waals surface area contributed by atoms with Gasteiger partial charge >= 0.3 is 12.1 Å². The van der Waals surface area contributed by atoms with E-state index >= 15 is 0 Å². The minimum atomic E-state index is -1.04. The highest BCUT2D eigenvalue weighted by molar-refractivity contribution is 5.86. The highest BCUT2D eigenvalue weighted by atomic mass is 16.5. The van der Waals surface area contributed by atoms with Gasteiger partial charge in [-0.25, -0.2) is 9.59 Å². The second-order valence-electron chi connectivity index (χ2n) is 9.32. The van der Waals surface area contributed by atoms with Crippen LogP contribution in [0.3, 0.4) is 0 Å². The molecule has 2 aromatic rings. The zero-order chi connectivity index (χ0) is 24.2. The van der Waals surface area contributed by atoms with Crippen molar-refractivity contribution in [2.75, 3.05) is 6.61 Å². The molecule has 7 heteroatoms. The fourth-order valence-electron chi connectivity index (χ4n) is 5.18. The zero-order valence-electron chi connectivity index (χ0n) is 19.6. The third-order valence-electron chi connectivity index (χ3n) is 7.28. The average Bonchev–Trinajstić information content (AvgIpc) is 3.43. The molecule has 0 heterocycles. The van der Waals surface area contributed by atoms with Gasteiger partial charge < -0.3 is 20.5 Å². The molecule has 7 nitrogen and oxygen atoms in total. The van der Waals surface area contributed by atoms with Gasteiger partial charge in [0.05, 0.1) is 5.92 Å². The van der Waals surface area contributed by atoms with E-state index in [2.05, 4.69) is 34.9 Å². The molecule has 3 N–H and O–H groups in total. The quantitative estimate of drug-likeness (QED) is 0.540. The molecule has 34 heavy (non-hydrogen) atoms. The van der Waals surface area contributed by atoms with Crippen LogP contribution in [0.1, 0.15) is 56.6 Å². The van der Waals surface area contributed by atoms with Crippen LogP contribution in [0.15, 0.2) is 48.5 Å². The predicted octanol–water partition coefficient (Wildman–Crippen LogP) is 4.31. The minimum Gasteiger partial charge on any atom is -0.480 e. The van der Waals surface area contributed by atoms with Crippen LogP contribution in [0.25, 0.3) is 11.1 Å². The van der Waals surface area contributed by atoms with Crippen LogP contribution >= 0.6 is 0 Å². The SMILES string of the molecule is CCC(C)[C@H](NC(=O)[C@@H]1CCC[C@@H]1NC(=O)OCC1c2ccccc2-c2ccccc21)C(=O)O. The smallest absolute Gasteiger partial charge is 0.407 e. The number of carbonyl (C=O) groups excluding carboxylic acids is 2. The summed E-state index contributed by atoms with van der Waals surface area (Å²) in [5.41, 5.74) is 4.60. The third-order valence-corrected chi connectivity index (χ3v) is 7.28. The number of amides is 2. The van der Waals surface area contributed by atoms with Crippen LogP contribution in [0.5, 0.6) is 0 Å². The Balaban J connectivity index is 1.37. The van der Waals surface area contributed by atoms with Crippen molar-refractivity contribution in [1.29, 1.82) is 0 Å². The van der Waals surface area contributed by atoms with Gasteiger partial charge in [-0.1, -0.05) is 75.2 Å². The lowest BCUT2D eigenvalue weighted by Crippen LogP contribution is -2.50. The number of hydrogen-bond donors (Lipinski definition) is 3. The first-order valence-corrected chi connectivity index (χ1v) is 12.0. The van der Waals surface area contributed by atoms with Crippen LogP contribution in [-0.2, 0) is 14.3 Å². The topological polar surface area (TPSA) is 105 Å². The molecular formula is C27H32N2O5. The van der Waals surface area contributed by atoms with Gasteiger partial charge in [0, 0.05) is 12.0 Å². The Morgan fingerprint density at radius 2 is 1.65 bits per heavy atom. The minimum absolute atomic E-state index is 0.0346. The number of rotatable bonds is 8. The maximum Gasteiger partial charge on any atom is 0.407 e. The van der Waals surface area contributed by atoms with E-state index in [0.717, 1.165) is 28.7 Å². The first-order chi connectivity index (χ1) is 16.4. The average molecular weight is 465 g/mol. The Morgan fingerprint density at radius 1 is 1.03 bits per heavy atom. The summed E-state index contributed by atoms with van der Waals surface area (Å²) in [5, 5.41) is 15.0. The van der Waals surface area contributed by atoms with Crippen molar-refractivity contribution in [2.24, 2.45) is 11.8 Å². The first-order valence-electron chi connectivity index (χ1n) is 12.0. The summed E-state index contributed by atoms with van der Waals surface area (Å²) in [6, 6.07) is 15.0. The number of hydrogen-bond acceptors (Lipinski definition) is 4. The predicted molar refractivity (Wildman–Crippen MR) is 128 cm³/mol. The summed E-state index contributed by atoms with van der Waals surface area (Å²) < 4.78 is 5.63. The number of ether oxygens (including phenoxy) is 1. The summed E-state index contributed by atoms with van der Waals surface area (Å²) in [7, 11) is 0. The normalized spacial score (nSPS) is 20.6. The number of fused-ring (bicyclic) bond motifs is 3. The maximum absolute atomic E-state index is 12.8. The van der Waals surface area contributed by atoms with E-state index in [1.54, 1.807) is 6.92 Å². The van der Waals surface area contributed by atoms with Gasteiger partial charge in [-0.15, -0.1) is 0 Å². The lowest BCUT2D eigenvalue weighted by molar-refractivity contribution is -0.144. The molecule has 0 saturated heterocycles. The molecule has 0 aliphatic heterocycles. The molecule has 4 rings (SSSR count). The van der Waals surface area contributed by atoms with E-state index < -0.39 is 24.0 Å². The number of carboxylic acid groups (broad SMARTS) is 1. The van der Waals surface area contributed by atoms with Crippen LogP contribution in [0.4, 0.5) is 4.79 Å². The number of nitrogens with one attached hydrogen (secondary N) is 2. The van der Waals surface area contributed by atoms with E-state index in [0.29, 0.717) is 19.3 Å². The van der Waals surface area contributed by atoms with Crippen molar-refractivity contribution in [2.45, 2.75) is 57.5 Å². The van der Waals surface area contributed by atoms with E-state index in [9.17, 15) is 19.5 Å². The molecule has 0 spiro atoms. The molecule has 1 fully saturated rings. The van der Waals surface area contributed by atoms with Gasteiger partial charge in [0.25, 0.3) is 0 Å². The van der Waals surface area contributed by atoms with Gasteiger partial charge in [-0.2, -0.15) is 0 Å². The number of aliphatic carboxylic acids is 1. The molecular weight excluding hydrogens is 432 g/mol. The standard InChI is InChI=1S/C27H32N2O5/c1-3-16(2)24(26(31)32)29-25(30)21-13-8-14-23(21)28-27(33)34-15-22-19-11-6-4-9-17(19)18-10-5-7-12-20(18)22/h4-7,9-12,16,21-24H,3,8,13-15H2,1-2H3,(H,28,33)(H,29,30)(H,31,32)/t16?,21-,23+,24+/m1/s1. The fraction of sp³-hybridized carbons (Fsp3) is 0.444. The number of carbonyl (C=O) groups is 3. The van der Waals surface area contributed by atoms with Crippen LogP contribution in [0.2, 0.25) is 0 Å². The van der Waals surface area contributed by atoms with Crippen molar-refractivity contribution < 1.29 is 24.2 Å². The van der Waals surface area contributed by atoms with Crippen molar-refractivity contribution in [3.8, 4) is 11.1 Å². The van der Waals surface area contributed by atoms with Gasteiger partial charge in [-0.3, -0.25) is 4.79 Å². The largest absolute Gasteiger partial charge is 0.480 e. The molecule has 2 aliphatic rings. The zero-order valence-corrected chi connectivity index (χ0v) is 19.6.